The molecular weight excluding hydrogens is 322 g/mol. The summed E-state index contributed by atoms with van der Waals surface area (Å²) in [7, 11) is 1.94. The molecule has 2 aromatic carbocycles. The summed E-state index contributed by atoms with van der Waals surface area (Å²) in [5.41, 5.74) is 9.63. The van der Waals surface area contributed by atoms with Crippen LogP contribution in [0.15, 0.2) is 72.9 Å². The van der Waals surface area contributed by atoms with Crippen LogP contribution >= 0.6 is 0 Å². The number of nitrogens with zero attached hydrogens (tertiary/aromatic N) is 2. The number of hydrogen-bond donors (Lipinski definition) is 1. The first-order valence-corrected chi connectivity index (χ1v) is 9.02. The van der Waals surface area contributed by atoms with Crippen LogP contribution in [0.1, 0.15) is 36.3 Å². The average molecular weight is 349 g/mol. The van der Waals surface area contributed by atoms with Crippen molar-refractivity contribution >= 4 is 0 Å². The van der Waals surface area contributed by atoms with E-state index in [1.165, 1.54) is 5.56 Å². The zero-order valence-corrected chi connectivity index (χ0v) is 15.5. The molecule has 2 unspecified atom stereocenters. The topological polar surface area (TPSA) is 53.1 Å². The lowest BCUT2D eigenvalue weighted by atomic mass is 9.91. The van der Waals surface area contributed by atoms with Gasteiger partial charge in [0.05, 0.1) is 5.69 Å². The summed E-state index contributed by atoms with van der Waals surface area (Å²) in [5.74, 6) is 0. The van der Waals surface area contributed by atoms with Crippen molar-refractivity contribution in [2.75, 3.05) is 6.61 Å². The quantitative estimate of drug-likeness (QED) is 0.671. The summed E-state index contributed by atoms with van der Waals surface area (Å²) in [6.45, 7) is 2.68. The molecule has 4 heteroatoms. The van der Waals surface area contributed by atoms with Gasteiger partial charge in [-0.15, -0.1) is 0 Å². The van der Waals surface area contributed by atoms with Gasteiger partial charge in [-0.1, -0.05) is 60.7 Å². The summed E-state index contributed by atoms with van der Waals surface area (Å²) in [6, 6.07) is 22.6. The van der Waals surface area contributed by atoms with E-state index in [9.17, 15) is 0 Å². The van der Waals surface area contributed by atoms with Crippen molar-refractivity contribution < 1.29 is 4.74 Å². The molecule has 0 saturated carbocycles. The molecular formula is C22H27N3O. The Kier molecular flexibility index (Phi) is 5.86. The molecule has 1 aromatic heterocycles. The minimum Gasteiger partial charge on any atom is -0.367 e. The third-order valence-electron chi connectivity index (χ3n) is 4.64. The monoisotopic (exact) mass is 349 g/mol. The van der Waals surface area contributed by atoms with Gasteiger partial charge in [-0.2, -0.15) is 5.10 Å². The van der Waals surface area contributed by atoms with E-state index in [4.69, 9.17) is 10.5 Å². The van der Waals surface area contributed by atoms with Crippen molar-refractivity contribution in [1.82, 2.24) is 9.78 Å². The second-order valence-corrected chi connectivity index (χ2v) is 7.11. The summed E-state index contributed by atoms with van der Waals surface area (Å²) < 4.78 is 8.15. The van der Waals surface area contributed by atoms with Gasteiger partial charge in [-0.3, -0.25) is 4.68 Å². The zero-order valence-electron chi connectivity index (χ0n) is 15.5. The third kappa shape index (κ3) is 4.81. The summed E-state index contributed by atoms with van der Waals surface area (Å²) in [6.07, 6.45) is 3.27. The van der Waals surface area contributed by atoms with Crippen molar-refractivity contribution in [3.8, 4) is 0 Å². The first-order valence-electron chi connectivity index (χ1n) is 9.02. The van der Waals surface area contributed by atoms with Crippen LogP contribution in [-0.2, 0) is 18.2 Å². The van der Waals surface area contributed by atoms with Crippen molar-refractivity contribution in [3.05, 3.63) is 89.7 Å². The Morgan fingerprint density at radius 1 is 1.04 bits per heavy atom. The van der Waals surface area contributed by atoms with Gasteiger partial charge in [-0.05, 0) is 37.0 Å². The van der Waals surface area contributed by atoms with Crippen LogP contribution in [0.25, 0.3) is 0 Å². The van der Waals surface area contributed by atoms with Crippen LogP contribution < -0.4 is 5.73 Å². The number of benzene rings is 2. The van der Waals surface area contributed by atoms with Crippen LogP contribution in [-0.4, -0.2) is 21.9 Å². The Labute approximate surface area is 155 Å². The van der Waals surface area contributed by atoms with Crippen LogP contribution in [0.4, 0.5) is 0 Å². The van der Waals surface area contributed by atoms with E-state index in [2.05, 4.69) is 48.4 Å². The number of nitrogens with two attached hydrogens (primary N) is 1. The molecule has 0 spiro atoms. The Hall–Kier alpha value is -2.43. The minimum absolute atomic E-state index is 0.142. The molecule has 0 aliphatic carbocycles. The maximum atomic E-state index is 6.52. The van der Waals surface area contributed by atoms with Crippen molar-refractivity contribution in [2.24, 2.45) is 12.8 Å². The van der Waals surface area contributed by atoms with Crippen molar-refractivity contribution in [1.29, 1.82) is 0 Å². The molecule has 0 saturated heterocycles. The smallest absolute Gasteiger partial charge is 0.124 e. The molecule has 2 N–H and O–H groups in total. The number of rotatable bonds is 8. The zero-order chi connectivity index (χ0) is 18.4. The SMILES string of the molecule is Cn1nccc1C(OCCC(C)(N)Cc1ccccc1)c1ccccc1. The molecule has 4 nitrogen and oxygen atoms in total. The molecule has 3 aromatic rings. The first kappa shape index (κ1) is 18.4. The van der Waals surface area contributed by atoms with Crippen molar-refractivity contribution in [3.63, 3.8) is 0 Å². The fraction of sp³-hybridized carbons (Fsp3) is 0.318. The Morgan fingerprint density at radius 2 is 1.69 bits per heavy atom. The highest BCUT2D eigenvalue weighted by molar-refractivity contribution is 5.25. The number of aryl methyl sites for hydroxylation is 1. The number of hydrogen-bond acceptors (Lipinski definition) is 3. The van der Waals surface area contributed by atoms with Gasteiger partial charge in [0.2, 0.25) is 0 Å². The third-order valence-corrected chi connectivity index (χ3v) is 4.64. The lowest BCUT2D eigenvalue weighted by molar-refractivity contribution is 0.0624. The molecule has 3 rings (SSSR count). The second-order valence-electron chi connectivity index (χ2n) is 7.11. The summed E-state index contributed by atoms with van der Waals surface area (Å²) in [4.78, 5) is 0. The standard InChI is InChI=1S/C22H27N3O/c1-22(23,17-18-9-5-3-6-10-18)14-16-26-21(19-11-7-4-8-12-19)20-13-15-24-25(20)2/h3-13,15,21H,14,16-17,23H2,1-2H3. The van der Waals surface area contributed by atoms with Crippen LogP contribution in [0.5, 0.6) is 0 Å². The maximum absolute atomic E-state index is 6.52. The van der Waals surface area contributed by atoms with Crippen LogP contribution in [0.2, 0.25) is 0 Å². The highest BCUT2D eigenvalue weighted by Gasteiger charge is 2.22. The Morgan fingerprint density at radius 3 is 2.31 bits per heavy atom. The summed E-state index contributed by atoms with van der Waals surface area (Å²) in [5, 5.41) is 4.29. The fourth-order valence-electron chi connectivity index (χ4n) is 3.18. The number of aromatic nitrogens is 2. The van der Waals surface area contributed by atoms with Gasteiger partial charge in [0, 0.05) is 25.4 Å². The summed E-state index contributed by atoms with van der Waals surface area (Å²) >= 11 is 0. The van der Waals surface area contributed by atoms with E-state index in [0.29, 0.717) is 6.61 Å². The highest BCUT2D eigenvalue weighted by Crippen LogP contribution is 2.26. The Balaban J connectivity index is 1.66. The predicted molar refractivity (Wildman–Crippen MR) is 105 cm³/mol. The van der Waals surface area contributed by atoms with Crippen molar-refractivity contribution in [2.45, 2.75) is 31.4 Å². The van der Waals surface area contributed by atoms with Crippen LogP contribution in [0, 0.1) is 0 Å². The van der Waals surface area contributed by atoms with Crippen LogP contribution in [0.3, 0.4) is 0 Å². The maximum Gasteiger partial charge on any atom is 0.124 e. The molecule has 0 fully saturated rings. The fourth-order valence-corrected chi connectivity index (χ4v) is 3.18. The van der Waals surface area contributed by atoms with Gasteiger partial charge in [0.1, 0.15) is 6.10 Å². The number of ether oxygens (including phenoxy) is 1. The molecule has 2 atom stereocenters. The van der Waals surface area contributed by atoms with Gasteiger partial charge >= 0.3 is 0 Å². The van der Waals surface area contributed by atoms with E-state index < -0.39 is 0 Å². The average Bonchev–Trinajstić information content (AvgIpc) is 3.06. The van der Waals surface area contributed by atoms with Gasteiger partial charge < -0.3 is 10.5 Å². The van der Waals surface area contributed by atoms with Gasteiger partial charge in [0.25, 0.3) is 0 Å². The van der Waals surface area contributed by atoms with Gasteiger partial charge in [-0.25, -0.2) is 0 Å². The molecule has 0 bridgehead atoms. The molecule has 1 heterocycles. The predicted octanol–water partition coefficient (Wildman–Crippen LogP) is 3.88. The minimum atomic E-state index is -0.310. The van der Waals surface area contributed by atoms with Gasteiger partial charge in [0.15, 0.2) is 0 Å². The lowest BCUT2D eigenvalue weighted by Gasteiger charge is -2.26. The lowest BCUT2D eigenvalue weighted by Crippen LogP contribution is -2.39. The first-order chi connectivity index (χ1) is 12.6. The highest BCUT2D eigenvalue weighted by atomic mass is 16.5. The Bertz CT molecular complexity index is 797. The molecule has 0 aliphatic rings. The largest absolute Gasteiger partial charge is 0.367 e. The molecule has 0 amide bonds. The molecule has 0 radical (unpaired) electrons. The molecule has 26 heavy (non-hydrogen) atoms. The molecule has 0 aliphatic heterocycles. The van der Waals surface area contributed by atoms with E-state index in [0.717, 1.165) is 24.1 Å². The second kappa shape index (κ2) is 8.30. The van der Waals surface area contributed by atoms with E-state index in [-0.39, 0.29) is 11.6 Å². The normalized spacial score (nSPS) is 14.7. The van der Waals surface area contributed by atoms with E-state index in [1.807, 2.05) is 42.1 Å². The van der Waals surface area contributed by atoms with E-state index >= 15 is 0 Å². The van der Waals surface area contributed by atoms with E-state index in [1.54, 1.807) is 6.20 Å². The molecule has 136 valence electrons.